The molecule has 0 atom stereocenters. The number of thiazole rings is 1. The molecule has 1 N–H and O–H groups in total. The predicted molar refractivity (Wildman–Crippen MR) is 101 cm³/mol. The molecule has 8 heteroatoms. The van der Waals surface area contributed by atoms with Gasteiger partial charge in [0.1, 0.15) is 5.82 Å². The van der Waals surface area contributed by atoms with Crippen LogP contribution in [0.1, 0.15) is 18.4 Å². The highest BCUT2D eigenvalue weighted by atomic mass is 32.2. The van der Waals surface area contributed by atoms with Crippen LogP contribution in [0.5, 0.6) is 0 Å². The summed E-state index contributed by atoms with van der Waals surface area (Å²) < 4.78 is 38.2. The number of carbonyl (C=O) groups excluding carboxylic acids is 1. The van der Waals surface area contributed by atoms with Crippen molar-refractivity contribution >= 4 is 42.4 Å². The number of rotatable bonds is 6. The van der Waals surface area contributed by atoms with Gasteiger partial charge in [-0.25, -0.2) is 17.8 Å². The first-order valence-corrected chi connectivity index (χ1v) is 10.5. The lowest BCUT2D eigenvalue weighted by Crippen LogP contribution is -2.14. The Balaban J connectivity index is 1.56. The van der Waals surface area contributed by atoms with Crippen molar-refractivity contribution in [3.05, 3.63) is 53.8 Å². The minimum Gasteiger partial charge on any atom is -0.302 e. The van der Waals surface area contributed by atoms with Crippen molar-refractivity contribution in [2.45, 2.75) is 24.7 Å². The Morgan fingerprint density at radius 1 is 1.19 bits per heavy atom. The molecule has 0 saturated carbocycles. The zero-order chi connectivity index (χ0) is 18.7. The van der Waals surface area contributed by atoms with E-state index >= 15 is 0 Å². The lowest BCUT2D eigenvalue weighted by molar-refractivity contribution is -0.116. The van der Waals surface area contributed by atoms with Crippen molar-refractivity contribution < 1.29 is 17.6 Å². The molecule has 2 aromatic carbocycles. The molecular weight excluding hydrogens is 375 g/mol. The first-order valence-electron chi connectivity index (χ1n) is 7.99. The Labute approximate surface area is 154 Å². The number of sulfone groups is 1. The number of fused-ring (bicyclic) bond motifs is 1. The van der Waals surface area contributed by atoms with E-state index in [1.54, 1.807) is 0 Å². The number of hydrogen-bond acceptors (Lipinski definition) is 5. The Morgan fingerprint density at radius 2 is 1.92 bits per heavy atom. The van der Waals surface area contributed by atoms with E-state index in [0.29, 0.717) is 5.13 Å². The summed E-state index contributed by atoms with van der Waals surface area (Å²) in [4.78, 5) is 16.5. The normalized spacial score (nSPS) is 11.6. The molecule has 0 aliphatic rings. The van der Waals surface area contributed by atoms with Crippen LogP contribution >= 0.6 is 11.3 Å². The molecule has 0 unspecified atom stereocenters. The fourth-order valence-corrected chi connectivity index (χ4v) is 4.77. The second-order valence-electron chi connectivity index (χ2n) is 5.87. The predicted octanol–water partition coefficient (Wildman–Crippen LogP) is 3.94. The molecule has 3 aromatic rings. The van der Waals surface area contributed by atoms with Gasteiger partial charge in [0.2, 0.25) is 5.91 Å². The van der Waals surface area contributed by atoms with Crippen LogP contribution in [0.25, 0.3) is 10.2 Å². The number of hydrogen-bond donors (Lipinski definition) is 1. The van der Waals surface area contributed by atoms with E-state index in [4.69, 9.17) is 0 Å². The Morgan fingerprint density at radius 3 is 2.62 bits per heavy atom. The highest BCUT2D eigenvalue weighted by Gasteiger charge is 2.16. The molecule has 1 aromatic heterocycles. The van der Waals surface area contributed by atoms with Gasteiger partial charge >= 0.3 is 0 Å². The summed E-state index contributed by atoms with van der Waals surface area (Å²) in [7, 11) is -3.53. The third-order valence-corrected chi connectivity index (χ3v) is 6.61. The number of nitrogens with one attached hydrogen (secondary N) is 1. The summed E-state index contributed by atoms with van der Waals surface area (Å²) in [5, 5.41) is 3.22. The Hall–Kier alpha value is -2.32. The van der Waals surface area contributed by atoms with E-state index in [1.807, 2.05) is 25.1 Å². The number of aryl methyl sites for hydroxylation is 1. The van der Waals surface area contributed by atoms with Crippen LogP contribution in [-0.4, -0.2) is 25.1 Å². The summed E-state index contributed by atoms with van der Waals surface area (Å²) in [6.45, 7) is 1.95. The van der Waals surface area contributed by atoms with Crippen LogP contribution in [-0.2, 0) is 14.6 Å². The van der Waals surface area contributed by atoms with Gasteiger partial charge in [0.05, 0.1) is 20.9 Å². The van der Waals surface area contributed by atoms with Crippen molar-refractivity contribution in [1.82, 2.24) is 4.98 Å². The quantitative estimate of drug-likeness (QED) is 0.645. The number of para-hydroxylation sites is 1. The zero-order valence-electron chi connectivity index (χ0n) is 14.0. The molecule has 0 fully saturated rings. The van der Waals surface area contributed by atoms with E-state index in [1.165, 1.54) is 23.5 Å². The van der Waals surface area contributed by atoms with Crippen LogP contribution < -0.4 is 5.32 Å². The van der Waals surface area contributed by atoms with Crippen LogP contribution in [0.4, 0.5) is 9.52 Å². The monoisotopic (exact) mass is 392 g/mol. The summed E-state index contributed by atoms with van der Waals surface area (Å²) in [6, 6.07) is 10.5. The van der Waals surface area contributed by atoms with Crippen molar-refractivity contribution in [2.24, 2.45) is 0 Å². The third kappa shape index (κ3) is 4.25. The molecule has 0 aliphatic heterocycles. The lowest BCUT2D eigenvalue weighted by atomic mass is 10.2. The van der Waals surface area contributed by atoms with Gasteiger partial charge in [0, 0.05) is 6.42 Å². The molecule has 0 bridgehead atoms. The van der Waals surface area contributed by atoms with Crippen molar-refractivity contribution in [3.8, 4) is 0 Å². The van der Waals surface area contributed by atoms with Gasteiger partial charge in [-0.2, -0.15) is 0 Å². The minimum absolute atomic E-state index is 0.0564. The number of carbonyl (C=O) groups is 1. The summed E-state index contributed by atoms with van der Waals surface area (Å²) in [6.07, 6.45) is 0.241. The van der Waals surface area contributed by atoms with Gasteiger partial charge in [-0.05, 0) is 49.2 Å². The third-order valence-electron chi connectivity index (χ3n) is 3.86. The molecule has 5 nitrogen and oxygen atoms in total. The van der Waals surface area contributed by atoms with E-state index in [2.05, 4.69) is 10.3 Å². The minimum atomic E-state index is -3.53. The van der Waals surface area contributed by atoms with Gasteiger partial charge in [-0.1, -0.05) is 23.5 Å². The SMILES string of the molecule is Cc1cccc2sc(NC(=O)CCCS(=O)(=O)c3ccc(F)cc3)nc12. The second-order valence-corrected chi connectivity index (χ2v) is 9.00. The summed E-state index contributed by atoms with van der Waals surface area (Å²) in [5.41, 5.74) is 1.89. The molecular formula is C18H17FN2O3S2. The first kappa shape index (κ1) is 18.5. The number of halogens is 1. The van der Waals surface area contributed by atoms with Crippen LogP contribution in [0, 0.1) is 12.7 Å². The van der Waals surface area contributed by atoms with E-state index < -0.39 is 15.7 Å². The lowest BCUT2D eigenvalue weighted by Gasteiger charge is -2.04. The maximum atomic E-state index is 12.9. The van der Waals surface area contributed by atoms with Crippen molar-refractivity contribution in [2.75, 3.05) is 11.1 Å². The zero-order valence-corrected chi connectivity index (χ0v) is 15.7. The van der Waals surface area contributed by atoms with E-state index in [9.17, 15) is 17.6 Å². The van der Waals surface area contributed by atoms with Gasteiger partial charge in [0.15, 0.2) is 15.0 Å². The topological polar surface area (TPSA) is 76.1 Å². The van der Waals surface area contributed by atoms with Gasteiger partial charge in [-0.15, -0.1) is 0 Å². The molecule has 26 heavy (non-hydrogen) atoms. The smallest absolute Gasteiger partial charge is 0.226 e. The highest BCUT2D eigenvalue weighted by molar-refractivity contribution is 7.91. The van der Waals surface area contributed by atoms with Crippen LogP contribution in [0.2, 0.25) is 0 Å². The maximum absolute atomic E-state index is 12.9. The van der Waals surface area contributed by atoms with Gasteiger partial charge in [-0.3, -0.25) is 4.79 Å². The molecule has 3 rings (SSSR count). The van der Waals surface area contributed by atoms with Crippen molar-refractivity contribution in [3.63, 3.8) is 0 Å². The molecule has 0 aliphatic carbocycles. The molecule has 0 spiro atoms. The molecule has 136 valence electrons. The molecule has 0 radical (unpaired) electrons. The molecule has 0 saturated heterocycles. The number of anilines is 1. The number of aromatic nitrogens is 1. The fourth-order valence-electron chi connectivity index (χ4n) is 2.50. The standard InChI is InChI=1S/C18H17FN2O3S2/c1-12-4-2-5-15-17(12)21-18(25-15)20-16(22)6-3-11-26(23,24)14-9-7-13(19)8-10-14/h2,4-5,7-10H,3,6,11H2,1H3,(H,20,21,22). The molecule has 1 heterocycles. The average Bonchev–Trinajstić information content (AvgIpc) is 2.99. The molecule has 1 amide bonds. The largest absolute Gasteiger partial charge is 0.302 e. The second kappa shape index (κ2) is 7.51. The highest BCUT2D eigenvalue weighted by Crippen LogP contribution is 2.28. The fraction of sp³-hybridized carbons (Fsp3) is 0.222. The number of benzene rings is 2. The van der Waals surface area contributed by atoms with E-state index in [0.717, 1.165) is 27.9 Å². The number of amides is 1. The van der Waals surface area contributed by atoms with Crippen LogP contribution in [0.15, 0.2) is 47.4 Å². The Bertz CT molecular complexity index is 1040. The van der Waals surface area contributed by atoms with Crippen LogP contribution in [0.3, 0.4) is 0 Å². The van der Waals surface area contributed by atoms with E-state index in [-0.39, 0.29) is 29.4 Å². The Kier molecular flexibility index (Phi) is 5.33. The summed E-state index contributed by atoms with van der Waals surface area (Å²) in [5.74, 6) is -0.948. The average molecular weight is 392 g/mol. The first-order chi connectivity index (χ1) is 12.3. The summed E-state index contributed by atoms with van der Waals surface area (Å²) >= 11 is 1.38. The van der Waals surface area contributed by atoms with Crippen molar-refractivity contribution in [1.29, 1.82) is 0 Å². The number of nitrogens with zero attached hydrogens (tertiary/aromatic N) is 1. The van der Waals surface area contributed by atoms with Gasteiger partial charge < -0.3 is 5.32 Å². The van der Waals surface area contributed by atoms with Gasteiger partial charge in [0.25, 0.3) is 0 Å². The maximum Gasteiger partial charge on any atom is 0.226 e.